The molecule has 19 heavy (non-hydrogen) atoms. The van der Waals surface area contributed by atoms with Gasteiger partial charge in [-0.2, -0.15) is 0 Å². The van der Waals surface area contributed by atoms with Crippen LogP contribution in [0.2, 0.25) is 0 Å². The zero-order valence-corrected chi connectivity index (χ0v) is 11.6. The number of nitrogens with one attached hydrogen (secondary N) is 1. The molecule has 0 radical (unpaired) electrons. The number of benzene rings is 1. The van der Waals surface area contributed by atoms with E-state index in [0.717, 1.165) is 18.5 Å². The number of nitrogens with zero attached hydrogens (tertiary/aromatic N) is 1. The number of likely N-dealkylation sites (N-methyl/N-ethyl adjacent to an activating group) is 1. The van der Waals surface area contributed by atoms with Crippen LogP contribution in [0.5, 0.6) is 5.75 Å². The summed E-state index contributed by atoms with van der Waals surface area (Å²) >= 11 is 0. The minimum atomic E-state index is -0.538. The first-order chi connectivity index (χ1) is 9.04. The maximum absolute atomic E-state index is 12.0. The summed E-state index contributed by atoms with van der Waals surface area (Å²) < 4.78 is 0. The zero-order chi connectivity index (χ0) is 14.3. The summed E-state index contributed by atoms with van der Waals surface area (Å²) in [5.41, 5.74) is 6.87. The molecule has 106 valence electrons. The van der Waals surface area contributed by atoms with Gasteiger partial charge in [-0.05, 0) is 44.1 Å². The number of phenolic OH excluding ortho intramolecular Hbond substituents is 1. The molecule has 1 unspecified atom stereocenters. The molecule has 0 aliphatic heterocycles. The highest BCUT2D eigenvalue weighted by Gasteiger charge is 2.17. The van der Waals surface area contributed by atoms with Gasteiger partial charge in [-0.3, -0.25) is 4.79 Å². The van der Waals surface area contributed by atoms with Gasteiger partial charge in [0.2, 0.25) is 5.91 Å². The number of carbonyl (C=O) groups excluding carboxylic acids is 1. The second-order valence-electron chi connectivity index (χ2n) is 4.69. The molecular formula is C14H23N3O2. The molecule has 0 saturated heterocycles. The van der Waals surface area contributed by atoms with Crippen molar-refractivity contribution >= 4 is 5.91 Å². The van der Waals surface area contributed by atoms with Crippen LogP contribution in [-0.2, 0) is 11.2 Å². The van der Waals surface area contributed by atoms with Gasteiger partial charge >= 0.3 is 0 Å². The Morgan fingerprint density at radius 1 is 1.42 bits per heavy atom. The van der Waals surface area contributed by atoms with E-state index in [9.17, 15) is 9.90 Å². The van der Waals surface area contributed by atoms with Gasteiger partial charge in [-0.1, -0.05) is 12.1 Å². The number of hydrogen-bond donors (Lipinski definition) is 3. The fourth-order valence-corrected chi connectivity index (χ4v) is 1.86. The van der Waals surface area contributed by atoms with E-state index < -0.39 is 6.04 Å². The maximum Gasteiger partial charge on any atom is 0.239 e. The van der Waals surface area contributed by atoms with Crippen molar-refractivity contribution in [3.8, 4) is 5.75 Å². The quantitative estimate of drug-likeness (QED) is 0.621. The lowest BCUT2D eigenvalue weighted by Gasteiger charge is -2.21. The minimum absolute atomic E-state index is 0.0517. The third kappa shape index (κ3) is 5.28. The van der Waals surface area contributed by atoms with Crippen LogP contribution >= 0.6 is 0 Å². The number of nitrogens with two attached hydrogens (primary N) is 1. The van der Waals surface area contributed by atoms with Crippen molar-refractivity contribution in [3.05, 3.63) is 29.8 Å². The van der Waals surface area contributed by atoms with E-state index in [0.29, 0.717) is 13.0 Å². The highest BCUT2D eigenvalue weighted by Crippen LogP contribution is 2.11. The maximum atomic E-state index is 12.0. The lowest BCUT2D eigenvalue weighted by Crippen LogP contribution is -2.43. The molecule has 1 amide bonds. The lowest BCUT2D eigenvalue weighted by atomic mass is 10.1. The van der Waals surface area contributed by atoms with Gasteiger partial charge in [-0.15, -0.1) is 0 Å². The third-order valence-electron chi connectivity index (χ3n) is 3.01. The predicted molar refractivity (Wildman–Crippen MR) is 76.0 cm³/mol. The minimum Gasteiger partial charge on any atom is -0.508 e. The van der Waals surface area contributed by atoms with E-state index in [-0.39, 0.29) is 11.7 Å². The fourth-order valence-electron chi connectivity index (χ4n) is 1.86. The predicted octanol–water partition coefficient (Wildman–Crippen LogP) is 0.330. The van der Waals surface area contributed by atoms with Gasteiger partial charge < -0.3 is 21.1 Å². The van der Waals surface area contributed by atoms with Crippen molar-refractivity contribution in [1.29, 1.82) is 0 Å². The molecule has 1 aromatic rings. The zero-order valence-electron chi connectivity index (χ0n) is 11.6. The van der Waals surface area contributed by atoms with Crippen molar-refractivity contribution < 1.29 is 9.90 Å². The van der Waals surface area contributed by atoms with E-state index >= 15 is 0 Å². The highest BCUT2D eigenvalue weighted by molar-refractivity contribution is 5.81. The Morgan fingerprint density at radius 3 is 2.63 bits per heavy atom. The Labute approximate surface area is 114 Å². The van der Waals surface area contributed by atoms with Crippen molar-refractivity contribution in [2.45, 2.75) is 18.9 Å². The molecular weight excluding hydrogens is 242 g/mol. The van der Waals surface area contributed by atoms with E-state index in [1.807, 2.05) is 7.05 Å². The van der Waals surface area contributed by atoms with E-state index in [1.54, 1.807) is 36.2 Å². The van der Waals surface area contributed by atoms with Crippen molar-refractivity contribution in [2.75, 3.05) is 27.2 Å². The first-order valence-corrected chi connectivity index (χ1v) is 6.47. The van der Waals surface area contributed by atoms with Gasteiger partial charge in [0.15, 0.2) is 0 Å². The standard InChI is InChI=1S/C14H23N3O2/c1-16-8-3-9-17(2)14(19)13(15)10-11-4-6-12(18)7-5-11/h4-7,13,16,18H,3,8-10,15H2,1-2H3. The number of rotatable bonds is 7. The second-order valence-corrected chi connectivity index (χ2v) is 4.69. The molecule has 0 aliphatic rings. The summed E-state index contributed by atoms with van der Waals surface area (Å²) in [7, 11) is 3.66. The molecule has 5 nitrogen and oxygen atoms in total. The molecule has 0 saturated carbocycles. The number of hydrogen-bond acceptors (Lipinski definition) is 4. The Balaban J connectivity index is 2.45. The summed E-state index contributed by atoms with van der Waals surface area (Å²) in [6.45, 7) is 1.58. The van der Waals surface area contributed by atoms with Crippen molar-refractivity contribution in [1.82, 2.24) is 10.2 Å². The van der Waals surface area contributed by atoms with Gasteiger partial charge in [0, 0.05) is 13.6 Å². The van der Waals surface area contributed by atoms with E-state index in [4.69, 9.17) is 5.73 Å². The third-order valence-corrected chi connectivity index (χ3v) is 3.01. The fraction of sp³-hybridized carbons (Fsp3) is 0.500. The molecule has 0 bridgehead atoms. The summed E-state index contributed by atoms with van der Waals surface area (Å²) in [5.74, 6) is 0.164. The summed E-state index contributed by atoms with van der Waals surface area (Å²) in [6, 6.07) is 6.23. The molecule has 1 aromatic carbocycles. The van der Waals surface area contributed by atoms with Crippen LogP contribution in [0.3, 0.4) is 0 Å². The Morgan fingerprint density at radius 2 is 2.05 bits per heavy atom. The molecule has 4 N–H and O–H groups in total. The molecule has 0 aliphatic carbocycles. The van der Waals surface area contributed by atoms with E-state index in [1.165, 1.54) is 0 Å². The number of aromatic hydroxyl groups is 1. The molecule has 5 heteroatoms. The van der Waals surface area contributed by atoms with Crippen LogP contribution < -0.4 is 11.1 Å². The van der Waals surface area contributed by atoms with Crippen LogP contribution in [0.1, 0.15) is 12.0 Å². The van der Waals surface area contributed by atoms with Crippen molar-refractivity contribution in [2.24, 2.45) is 5.73 Å². The Bertz CT molecular complexity index is 392. The van der Waals surface area contributed by atoms with Crippen LogP contribution in [0.4, 0.5) is 0 Å². The monoisotopic (exact) mass is 265 g/mol. The van der Waals surface area contributed by atoms with Gasteiger partial charge in [-0.25, -0.2) is 0 Å². The number of amides is 1. The van der Waals surface area contributed by atoms with Crippen LogP contribution in [0, 0.1) is 0 Å². The number of carbonyl (C=O) groups is 1. The molecule has 1 atom stereocenters. The Kier molecular flexibility index (Phi) is 6.32. The van der Waals surface area contributed by atoms with Gasteiger partial charge in [0.1, 0.15) is 5.75 Å². The first kappa shape index (κ1) is 15.5. The second kappa shape index (κ2) is 7.76. The average molecular weight is 265 g/mol. The largest absolute Gasteiger partial charge is 0.508 e. The molecule has 0 fully saturated rings. The summed E-state index contributed by atoms with van der Waals surface area (Å²) in [5, 5.41) is 12.2. The normalized spacial score (nSPS) is 12.2. The first-order valence-electron chi connectivity index (χ1n) is 6.47. The Hall–Kier alpha value is -1.59. The molecule has 1 rings (SSSR count). The van der Waals surface area contributed by atoms with E-state index in [2.05, 4.69) is 5.32 Å². The van der Waals surface area contributed by atoms with Crippen molar-refractivity contribution in [3.63, 3.8) is 0 Å². The smallest absolute Gasteiger partial charge is 0.239 e. The topological polar surface area (TPSA) is 78.6 Å². The van der Waals surface area contributed by atoms with Crippen LogP contribution in [0.25, 0.3) is 0 Å². The summed E-state index contributed by atoms with van der Waals surface area (Å²) in [6.07, 6.45) is 1.39. The SMILES string of the molecule is CNCCCN(C)C(=O)C(N)Cc1ccc(O)cc1. The number of phenols is 1. The molecule has 0 heterocycles. The highest BCUT2D eigenvalue weighted by atomic mass is 16.3. The summed E-state index contributed by atoms with van der Waals surface area (Å²) in [4.78, 5) is 13.7. The molecule has 0 aromatic heterocycles. The van der Waals surface area contributed by atoms with Crippen LogP contribution in [0.15, 0.2) is 24.3 Å². The van der Waals surface area contributed by atoms with Gasteiger partial charge in [0.05, 0.1) is 6.04 Å². The average Bonchev–Trinajstić information content (AvgIpc) is 2.40. The molecule has 0 spiro atoms. The lowest BCUT2D eigenvalue weighted by molar-refractivity contribution is -0.131. The van der Waals surface area contributed by atoms with Gasteiger partial charge in [0.25, 0.3) is 0 Å². The van der Waals surface area contributed by atoms with Crippen LogP contribution in [-0.4, -0.2) is 49.1 Å².